The number of aryl methyl sites for hydroxylation is 1. The number of nitrogens with zero attached hydrogens (tertiary/aromatic N) is 2. The van der Waals surface area contributed by atoms with Crippen LogP contribution in [0.1, 0.15) is 13.3 Å². The molecule has 1 rings (SSSR count). The second kappa shape index (κ2) is 2.53. The molecular formula is C6H10N2O. The lowest BCUT2D eigenvalue weighted by molar-refractivity contribution is 0.397. The second-order valence-corrected chi connectivity index (χ2v) is 1.92. The van der Waals surface area contributed by atoms with E-state index in [0.29, 0.717) is 0 Å². The summed E-state index contributed by atoms with van der Waals surface area (Å²) in [6, 6.07) is 0.108. The summed E-state index contributed by atoms with van der Waals surface area (Å²) in [5.41, 5.74) is 0. The van der Waals surface area contributed by atoms with Crippen LogP contribution in [0.3, 0.4) is 0 Å². The number of hydrogen-bond acceptors (Lipinski definition) is 2. The van der Waals surface area contributed by atoms with Gasteiger partial charge in [-0.1, -0.05) is 6.92 Å². The van der Waals surface area contributed by atoms with E-state index in [0.717, 1.165) is 13.0 Å². The van der Waals surface area contributed by atoms with Crippen molar-refractivity contribution in [3.05, 3.63) is 12.4 Å². The van der Waals surface area contributed by atoms with Gasteiger partial charge in [0.25, 0.3) is 6.01 Å². The third kappa shape index (κ3) is 1.22. The fourth-order valence-electron chi connectivity index (χ4n) is 0.737. The van der Waals surface area contributed by atoms with Gasteiger partial charge in [0.2, 0.25) is 0 Å². The monoisotopic (exact) mass is 126 g/mol. The summed E-state index contributed by atoms with van der Waals surface area (Å²) in [5, 5.41) is 8.93. The summed E-state index contributed by atoms with van der Waals surface area (Å²) in [5.74, 6) is 0. The van der Waals surface area contributed by atoms with E-state index in [4.69, 9.17) is 5.11 Å². The SMILES string of the molecule is CCCn1ccnc1O. The minimum atomic E-state index is 0.108. The van der Waals surface area contributed by atoms with Gasteiger partial charge in [0.05, 0.1) is 0 Å². The van der Waals surface area contributed by atoms with Gasteiger partial charge in [-0.3, -0.25) is 0 Å². The summed E-state index contributed by atoms with van der Waals surface area (Å²) in [4.78, 5) is 3.65. The van der Waals surface area contributed by atoms with Gasteiger partial charge in [0, 0.05) is 18.9 Å². The molecule has 0 aliphatic rings. The Morgan fingerprint density at radius 2 is 2.56 bits per heavy atom. The van der Waals surface area contributed by atoms with Crippen LogP contribution in [0.15, 0.2) is 12.4 Å². The third-order valence-corrected chi connectivity index (χ3v) is 1.16. The maximum Gasteiger partial charge on any atom is 0.293 e. The van der Waals surface area contributed by atoms with E-state index in [1.54, 1.807) is 17.0 Å². The molecule has 50 valence electrons. The van der Waals surface area contributed by atoms with Crippen molar-refractivity contribution in [1.82, 2.24) is 9.55 Å². The van der Waals surface area contributed by atoms with Crippen molar-refractivity contribution in [3.63, 3.8) is 0 Å². The number of hydrogen-bond donors (Lipinski definition) is 1. The van der Waals surface area contributed by atoms with Crippen molar-refractivity contribution in [2.45, 2.75) is 19.9 Å². The second-order valence-electron chi connectivity index (χ2n) is 1.92. The van der Waals surface area contributed by atoms with Gasteiger partial charge in [0.15, 0.2) is 0 Å². The molecule has 0 aromatic carbocycles. The molecule has 0 fully saturated rings. The molecule has 1 heterocycles. The van der Waals surface area contributed by atoms with Crippen LogP contribution in [0.5, 0.6) is 6.01 Å². The van der Waals surface area contributed by atoms with Crippen LogP contribution in [0.2, 0.25) is 0 Å². The summed E-state index contributed by atoms with van der Waals surface area (Å²) in [6.45, 7) is 2.89. The average molecular weight is 126 g/mol. The van der Waals surface area contributed by atoms with Crippen LogP contribution in [0, 0.1) is 0 Å². The lowest BCUT2D eigenvalue weighted by Gasteiger charge is -1.97. The Labute approximate surface area is 54.0 Å². The van der Waals surface area contributed by atoms with E-state index < -0.39 is 0 Å². The molecule has 0 aliphatic carbocycles. The molecule has 1 aromatic heterocycles. The minimum Gasteiger partial charge on any atom is -0.480 e. The Hall–Kier alpha value is -0.990. The lowest BCUT2D eigenvalue weighted by Crippen LogP contribution is -1.92. The fourth-order valence-corrected chi connectivity index (χ4v) is 0.737. The summed E-state index contributed by atoms with van der Waals surface area (Å²) < 4.78 is 1.71. The molecule has 1 aromatic rings. The molecule has 0 radical (unpaired) electrons. The summed E-state index contributed by atoms with van der Waals surface area (Å²) in [6.07, 6.45) is 4.37. The Morgan fingerprint density at radius 1 is 1.78 bits per heavy atom. The van der Waals surface area contributed by atoms with E-state index >= 15 is 0 Å². The molecule has 1 N–H and O–H groups in total. The van der Waals surface area contributed by atoms with Gasteiger partial charge in [-0.25, -0.2) is 4.98 Å². The molecule has 0 bridgehead atoms. The Morgan fingerprint density at radius 3 is 3.00 bits per heavy atom. The van der Waals surface area contributed by atoms with Crippen LogP contribution in [-0.2, 0) is 6.54 Å². The molecule has 0 aliphatic heterocycles. The first-order valence-corrected chi connectivity index (χ1v) is 3.04. The van der Waals surface area contributed by atoms with Gasteiger partial charge in [-0.2, -0.15) is 0 Å². The minimum absolute atomic E-state index is 0.108. The van der Waals surface area contributed by atoms with E-state index in [1.165, 1.54) is 0 Å². The highest BCUT2D eigenvalue weighted by molar-refractivity contribution is 4.94. The summed E-state index contributed by atoms with van der Waals surface area (Å²) in [7, 11) is 0. The Kier molecular flexibility index (Phi) is 1.72. The zero-order valence-corrected chi connectivity index (χ0v) is 5.41. The van der Waals surface area contributed by atoms with E-state index in [2.05, 4.69) is 11.9 Å². The molecule has 9 heavy (non-hydrogen) atoms. The average Bonchev–Trinajstić information content (AvgIpc) is 2.18. The lowest BCUT2D eigenvalue weighted by atomic mass is 10.5. The first kappa shape index (κ1) is 6.13. The molecule has 0 unspecified atom stereocenters. The molecule has 3 nitrogen and oxygen atoms in total. The zero-order chi connectivity index (χ0) is 6.69. The van der Waals surface area contributed by atoms with Crippen LogP contribution >= 0.6 is 0 Å². The van der Waals surface area contributed by atoms with Crippen molar-refractivity contribution in [1.29, 1.82) is 0 Å². The largest absolute Gasteiger partial charge is 0.480 e. The van der Waals surface area contributed by atoms with Crippen LogP contribution in [0.25, 0.3) is 0 Å². The molecule has 0 saturated heterocycles. The highest BCUT2D eigenvalue weighted by Gasteiger charge is 1.94. The Balaban J connectivity index is 2.69. The van der Waals surface area contributed by atoms with Crippen molar-refractivity contribution >= 4 is 0 Å². The maximum atomic E-state index is 8.93. The molecular weight excluding hydrogens is 116 g/mol. The van der Waals surface area contributed by atoms with Crippen LogP contribution < -0.4 is 0 Å². The topological polar surface area (TPSA) is 38.0 Å². The van der Waals surface area contributed by atoms with Crippen molar-refractivity contribution < 1.29 is 5.11 Å². The molecule has 3 heteroatoms. The zero-order valence-electron chi connectivity index (χ0n) is 5.41. The first-order valence-electron chi connectivity index (χ1n) is 3.04. The standard InChI is InChI=1S/C6H10N2O/c1-2-4-8-5-3-7-6(8)9/h3,5H,2,4H2,1H3,(H,7,9). The highest BCUT2D eigenvalue weighted by atomic mass is 16.3. The molecule has 0 atom stereocenters. The van der Waals surface area contributed by atoms with Crippen molar-refractivity contribution in [2.75, 3.05) is 0 Å². The van der Waals surface area contributed by atoms with E-state index in [-0.39, 0.29) is 6.01 Å². The molecule has 0 amide bonds. The molecule has 0 saturated carbocycles. The molecule has 0 spiro atoms. The fraction of sp³-hybridized carbons (Fsp3) is 0.500. The highest BCUT2D eigenvalue weighted by Crippen LogP contribution is 2.03. The van der Waals surface area contributed by atoms with Crippen LogP contribution in [0.4, 0.5) is 0 Å². The smallest absolute Gasteiger partial charge is 0.293 e. The third-order valence-electron chi connectivity index (χ3n) is 1.16. The van der Waals surface area contributed by atoms with Gasteiger partial charge in [-0.05, 0) is 6.42 Å². The summed E-state index contributed by atoms with van der Waals surface area (Å²) >= 11 is 0. The van der Waals surface area contributed by atoms with Crippen LogP contribution in [-0.4, -0.2) is 14.7 Å². The normalized spacial score (nSPS) is 9.89. The van der Waals surface area contributed by atoms with E-state index in [9.17, 15) is 0 Å². The van der Waals surface area contributed by atoms with Crippen molar-refractivity contribution in [2.24, 2.45) is 0 Å². The van der Waals surface area contributed by atoms with Gasteiger partial charge >= 0.3 is 0 Å². The number of imidazole rings is 1. The quantitative estimate of drug-likeness (QED) is 0.642. The predicted octanol–water partition coefficient (Wildman–Crippen LogP) is 0.999. The van der Waals surface area contributed by atoms with Gasteiger partial charge in [0.1, 0.15) is 0 Å². The number of aromatic hydroxyl groups is 1. The van der Waals surface area contributed by atoms with Gasteiger partial charge < -0.3 is 9.67 Å². The first-order chi connectivity index (χ1) is 4.34. The number of rotatable bonds is 2. The Bertz CT molecular complexity index is 183. The number of aromatic nitrogens is 2. The maximum absolute atomic E-state index is 8.93. The van der Waals surface area contributed by atoms with Crippen molar-refractivity contribution in [3.8, 4) is 6.01 Å². The van der Waals surface area contributed by atoms with E-state index in [1.807, 2.05) is 0 Å². The predicted molar refractivity (Wildman–Crippen MR) is 34.2 cm³/mol. The van der Waals surface area contributed by atoms with Gasteiger partial charge in [-0.15, -0.1) is 0 Å².